The van der Waals surface area contributed by atoms with Gasteiger partial charge in [-0.15, -0.1) is 0 Å². The number of aromatic nitrogens is 6. The number of nitrogens with one attached hydrogen (secondary N) is 2. The number of pyridine rings is 3. The van der Waals surface area contributed by atoms with E-state index in [9.17, 15) is 0 Å². The number of hydrogen-bond acceptors (Lipinski definition) is 4. The van der Waals surface area contributed by atoms with Gasteiger partial charge in [-0.1, -0.05) is 0 Å². The molecule has 5 heterocycles. The lowest BCUT2D eigenvalue weighted by atomic mass is 10.1. The Bertz CT molecular complexity index is 1140. The van der Waals surface area contributed by atoms with E-state index in [0.717, 1.165) is 44.3 Å². The topological polar surface area (TPSA) is 83.1 Å². The van der Waals surface area contributed by atoms with Crippen LogP contribution in [0.25, 0.3) is 44.3 Å². The van der Waals surface area contributed by atoms with Crippen molar-refractivity contribution in [3.63, 3.8) is 0 Å². The minimum absolute atomic E-state index is 0.849. The summed E-state index contributed by atoms with van der Waals surface area (Å²) >= 11 is 0. The van der Waals surface area contributed by atoms with Gasteiger partial charge in [-0.3, -0.25) is 15.1 Å². The molecule has 0 aliphatic rings. The first-order chi connectivity index (χ1) is 11.9. The first-order valence-electron chi connectivity index (χ1n) is 7.55. The lowest BCUT2D eigenvalue weighted by Gasteiger charge is -2.00. The van der Waals surface area contributed by atoms with Gasteiger partial charge in [0, 0.05) is 52.3 Å². The number of aromatic amines is 2. The molecule has 0 unspecified atom stereocenters. The maximum atomic E-state index is 4.54. The van der Waals surface area contributed by atoms with Crippen molar-refractivity contribution >= 4 is 21.9 Å². The molecule has 2 N–H and O–H groups in total. The Morgan fingerprint density at radius 3 is 2.67 bits per heavy atom. The van der Waals surface area contributed by atoms with Crippen LogP contribution in [0.15, 0.2) is 61.4 Å². The summed E-state index contributed by atoms with van der Waals surface area (Å²) in [6.07, 6.45) is 10.9. The zero-order valence-corrected chi connectivity index (χ0v) is 12.6. The number of rotatable bonds is 2. The molecule has 0 atom stereocenters. The molecule has 0 aliphatic carbocycles. The molecule has 0 spiro atoms. The molecule has 0 saturated heterocycles. The van der Waals surface area contributed by atoms with Gasteiger partial charge in [0.2, 0.25) is 0 Å². The molecule has 0 aliphatic heterocycles. The van der Waals surface area contributed by atoms with E-state index in [1.165, 1.54) is 0 Å². The van der Waals surface area contributed by atoms with E-state index >= 15 is 0 Å². The van der Waals surface area contributed by atoms with E-state index in [2.05, 4.69) is 42.3 Å². The van der Waals surface area contributed by atoms with Crippen LogP contribution >= 0.6 is 0 Å². The number of fused-ring (bicyclic) bond motifs is 3. The summed E-state index contributed by atoms with van der Waals surface area (Å²) in [6.45, 7) is 0. The minimum atomic E-state index is 0.849. The molecule has 0 aromatic carbocycles. The van der Waals surface area contributed by atoms with E-state index < -0.39 is 0 Å². The van der Waals surface area contributed by atoms with Gasteiger partial charge in [-0.05, 0) is 24.3 Å². The highest BCUT2D eigenvalue weighted by molar-refractivity contribution is 6.07. The van der Waals surface area contributed by atoms with Crippen LogP contribution in [-0.2, 0) is 0 Å². The van der Waals surface area contributed by atoms with Gasteiger partial charge < -0.3 is 4.98 Å². The molecule has 24 heavy (non-hydrogen) atoms. The summed E-state index contributed by atoms with van der Waals surface area (Å²) in [5, 5.41) is 9.00. The second-order valence-corrected chi connectivity index (χ2v) is 5.59. The average Bonchev–Trinajstić information content (AvgIpc) is 3.29. The fraction of sp³-hybridized carbons (Fsp3) is 0. The maximum absolute atomic E-state index is 4.54. The molecular formula is C18H12N6. The Labute approximate surface area is 136 Å². The fourth-order valence-electron chi connectivity index (χ4n) is 2.91. The average molecular weight is 312 g/mol. The zero-order valence-electron chi connectivity index (χ0n) is 12.6. The summed E-state index contributed by atoms with van der Waals surface area (Å²) in [7, 11) is 0. The third kappa shape index (κ3) is 1.97. The summed E-state index contributed by atoms with van der Waals surface area (Å²) in [4.78, 5) is 16.6. The summed E-state index contributed by atoms with van der Waals surface area (Å²) < 4.78 is 0. The predicted molar refractivity (Wildman–Crippen MR) is 92.2 cm³/mol. The summed E-state index contributed by atoms with van der Waals surface area (Å²) in [5.74, 6) is 0. The lowest BCUT2D eigenvalue weighted by molar-refractivity contribution is 1.09. The lowest BCUT2D eigenvalue weighted by Crippen LogP contribution is -1.84. The quantitative estimate of drug-likeness (QED) is 0.522. The molecule has 5 aromatic rings. The summed E-state index contributed by atoms with van der Waals surface area (Å²) in [5.41, 5.74) is 5.74. The van der Waals surface area contributed by atoms with Crippen LogP contribution in [0.5, 0.6) is 0 Å². The zero-order chi connectivity index (χ0) is 15.9. The molecule has 0 bridgehead atoms. The standard InChI is InChI=1S/C18H12N6/c1-2-11(6-19-3-1)16-5-14-15-4-12(13-8-22-23-9-13)7-21-18(15)24-17(14)10-20-16/h1-10H,(H,21,24)(H,22,23). The van der Waals surface area contributed by atoms with Crippen LogP contribution < -0.4 is 0 Å². The normalized spacial score (nSPS) is 11.3. The van der Waals surface area contributed by atoms with E-state index in [4.69, 9.17) is 0 Å². The van der Waals surface area contributed by atoms with Gasteiger partial charge >= 0.3 is 0 Å². The van der Waals surface area contributed by atoms with E-state index in [1.807, 2.05) is 36.9 Å². The number of H-pyrrole nitrogens is 2. The first-order valence-corrected chi connectivity index (χ1v) is 7.55. The monoisotopic (exact) mass is 312 g/mol. The molecule has 0 amide bonds. The molecule has 6 nitrogen and oxygen atoms in total. The Morgan fingerprint density at radius 1 is 0.833 bits per heavy atom. The second kappa shape index (κ2) is 4.99. The maximum Gasteiger partial charge on any atom is 0.138 e. The Morgan fingerprint density at radius 2 is 1.83 bits per heavy atom. The van der Waals surface area contributed by atoms with Crippen molar-refractivity contribution < 1.29 is 0 Å². The van der Waals surface area contributed by atoms with E-state index in [-0.39, 0.29) is 0 Å². The Kier molecular flexibility index (Phi) is 2.69. The smallest absolute Gasteiger partial charge is 0.138 e. The number of nitrogens with zero attached hydrogens (tertiary/aromatic N) is 4. The largest absolute Gasteiger partial charge is 0.338 e. The molecular weight excluding hydrogens is 300 g/mol. The fourth-order valence-corrected chi connectivity index (χ4v) is 2.91. The SMILES string of the molecule is c1cncc(-c2cc3c(cn2)[nH]c2ncc(-c4cn[nH]c4)cc23)c1. The molecule has 0 saturated carbocycles. The van der Waals surface area contributed by atoms with Crippen LogP contribution in [0.2, 0.25) is 0 Å². The molecule has 5 aromatic heterocycles. The van der Waals surface area contributed by atoms with Gasteiger partial charge in [-0.2, -0.15) is 5.10 Å². The van der Waals surface area contributed by atoms with Gasteiger partial charge in [0.05, 0.1) is 23.6 Å². The molecule has 5 rings (SSSR count). The molecule has 6 heteroatoms. The third-order valence-electron chi connectivity index (χ3n) is 4.12. The Hall–Kier alpha value is -3.54. The number of hydrogen-bond donors (Lipinski definition) is 2. The Balaban J connectivity index is 1.75. The van der Waals surface area contributed by atoms with Gasteiger partial charge in [0.1, 0.15) is 5.65 Å². The molecule has 0 radical (unpaired) electrons. The molecule has 114 valence electrons. The van der Waals surface area contributed by atoms with Gasteiger partial charge in [0.25, 0.3) is 0 Å². The van der Waals surface area contributed by atoms with Crippen LogP contribution in [0.3, 0.4) is 0 Å². The summed E-state index contributed by atoms with van der Waals surface area (Å²) in [6, 6.07) is 8.12. The highest BCUT2D eigenvalue weighted by Crippen LogP contribution is 2.30. The first kappa shape index (κ1) is 13.0. The van der Waals surface area contributed by atoms with Crippen molar-refractivity contribution in [2.24, 2.45) is 0 Å². The third-order valence-corrected chi connectivity index (χ3v) is 4.12. The highest BCUT2D eigenvalue weighted by Gasteiger charge is 2.10. The van der Waals surface area contributed by atoms with Crippen LogP contribution in [0, 0.1) is 0 Å². The highest BCUT2D eigenvalue weighted by atomic mass is 15.1. The van der Waals surface area contributed by atoms with Gasteiger partial charge in [0.15, 0.2) is 0 Å². The van der Waals surface area contributed by atoms with Crippen LogP contribution in [0.4, 0.5) is 0 Å². The van der Waals surface area contributed by atoms with Gasteiger partial charge in [-0.25, -0.2) is 4.98 Å². The second-order valence-electron chi connectivity index (χ2n) is 5.59. The van der Waals surface area contributed by atoms with E-state index in [0.29, 0.717) is 0 Å². The van der Waals surface area contributed by atoms with Crippen molar-refractivity contribution in [3.05, 3.63) is 61.4 Å². The van der Waals surface area contributed by atoms with E-state index in [1.54, 1.807) is 12.4 Å². The van der Waals surface area contributed by atoms with Crippen molar-refractivity contribution in [2.75, 3.05) is 0 Å². The van der Waals surface area contributed by atoms with Crippen molar-refractivity contribution in [3.8, 4) is 22.4 Å². The van der Waals surface area contributed by atoms with Crippen molar-refractivity contribution in [1.82, 2.24) is 30.1 Å². The predicted octanol–water partition coefficient (Wildman–Crippen LogP) is 3.56. The molecule has 0 fully saturated rings. The van der Waals surface area contributed by atoms with Crippen LogP contribution in [0.1, 0.15) is 0 Å². The van der Waals surface area contributed by atoms with Crippen molar-refractivity contribution in [1.29, 1.82) is 0 Å². The van der Waals surface area contributed by atoms with Crippen LogP contribution in [-0.4, -0.2) is 30.1 Å². The van der Waals surface area contributed by atoms with Crippen molar-refractivity contribution in [2.45, 2.75) is 0 Å². The minimum Gasteiger partial charge on any atom is -0.338 e.